The fraction of sp³-hybridized carbons (Fsp3) is 0.288. The predicted octanol–water partition coefficient (Wildman–Crippen LogP) is 15.6. The number of rotatable bonds is 27. The quantitative estimate of drug-likeness (QED) is 0.0168. The van der Waals surface area contributed by atoms with E-state index in [4.69, 9.17) is 28.2 Å². The number of nitrogens with zero attached hydrogens (tertiary/aromatic N) is 4. The zero-order chi connectivity index (χ0) is 59.1. The van der Waals surface area contributed by atoms with E-state index in [0.29, 0.717) is 40.5 Å². The fourth-order valence-electron chi connectivity index (χ4n) is 10.2. The highest BCUT2D eigenvalue weighted by Crippen LogP contribution is 2.45. The molecule has 0 aliphatic heterocycles. The number of hydrogen-bond acceptors (Lipinski definition) is 13. The van der Waals surface area contributed by atoms with Gasteiger partial charge in [0, 0.05) is 52.4 Å². The van der Waals surface area contributed by atoms with Gasteiger partial charge >= 0.3 is 0 Å². The summed E-state index contributed by atoms with van der Waals surface area (Å²) in [7, 11) is 4.51. The maximum absolute atomic E-state index is 12.6. The van der Waals surface area contributed by atoms with Crippen LogP contribution in [0, 0.1) is 37.5 Å². The molecule has 0 saturated carbocycles. The summed E-state index contributed by atoms with van der Waals surface area (Å²) < 4.78 is 37.6. The summed E-state index contributed by atoms with van der Waals surface area (Å²) >= 11 is 0. The molecule has 0 saturated heterocycles. The fourth-order valence-corrected chi connectivity index (χ4v) is 11.5. The van der Waals surface area contributed by atoms with Gasteiger partial charge < -0.3 is 33.1 Å². The third kappa shape index (κ3) is 14.6. The molecule has 0 aromatic heterocycles. The molecule has 0 fully saturated rings. The van der Waals surface area contributed by atoms with Crippen molar-refractivity contribution in [2.45, 2.75) is 77.5 Å². The van der Waals surface area contributed by atoms with Gasteiger partial charge in [-0.1, -0.05) is 117 Å². The van der Waals surface area contributed by atoms with Crippen LogP contribution >= 0.6 is 8.53 Å². The third-order valence-corrected chi connectivity index (χ3v) is 16.2. The summed E-state index contributed by atoms with van der Waals surface area (Å²) in [5.74, 6) is 1.19. The standard InChI is InChI=1S/C66H71N4O11P/c1-44(2)68(45(3)4)82(75)81-43-50(41-67)36-46(5)60-37-48(18-34-62(60)69(71)72)16-20-51-22-24-53(39-64(51)78-9)54-25-23-52(65(40-54)79-10)21-17-49-19-35-63(70(73)74)61(38-49)47(6)42-80-66(55-14-12-11-13-15-55,56-26-30-58(76-7)31-27-56)57-28-32-59(77-8)33-29-57/h11-35,37-40,44-47,50,75H,36,42-43H2,1-10H3/b20-16+,21-17+. The minimum absolute atomic E-state index is 0.00254. The Bertz CT molecular complexity index is 3340. The zero-order valence-electron chi connectivity index (χ0n) is 48.0. The first-order valence-electron chi connectivity index (χ1n) is 27.0. The molecule has 0 amide bonds. The Morgan fingerprint density at radius 3 is 1.44 bits per heavy atom. The largest absolute Gasteiger partial charge is 0.497 e. The van der Waals surface area contributed by atoms with E-state index in [0.717, 1.165) is 50.1 Å². The van der Waals surface area contributed by atoms with Gasteiger partial charge in [-0.2, -0.15) is 5.26 Å². The highest BCUT2D eigenvalue weighted by atomic mass is 31.2. The molecule has 1 N–H and O–H groups in total. The van der Waals surface area contributed by atoms with E-state index in [1.165, 1.54) is 12.1 Å². The van der Waals surface area contributed by atoms with Crippen LogP contribution in [0.4, 0.5) is 11.4 Å². The SMILES string of the molecule is COc1ccc(C(OCC(C)c2cc(/C=C/c3ccc(-c4ccc(/C=C/c5ccc([N+](=O)[O-])c(C(C)CC(C#N)COP(O)N(C(C)C)C(C)C)c5)c(OC)c4)cc3OC)ccc2[N+](=O)[O-])(c2ccccc2)c2ccc(OC)cc2)cc1. The molecule has 0 radical (unpaired) electrons. The molecule has 7 aromatic carbocycles. The molecular weight excluding hydrogens is 1060 g/mol. The lowest BCUT2D eigenvalue weighted by Crippen LogP contribution is -2.34. The Labute approximate surface area is 482 Å². The molecule has 4 atom stereocenters. The van der Waals surface area contributed by atoms with Crippen LogP contribution in [-0.2, 0) is 14.9 Å². The van der Waals surface area contributed by atoms with E-state index in [1.807, 2.05) is 192 Å². The van der Waals surface area contributed by atoms with Gasteiger partial charge in [0.1, 0.15) is 28.6 Å². The Hall–Kier alpha value is -8.22. The van der Waals surface area contributed by atoms with Crippen LogP contribution in [0.25, 0.3) is 35.4 Å². The second-order valence-electron chi connectivity index (χ2n) is 20.5. The van der Waals surface area contributed by atoms with Gasteiger partial charge in [0.2, 0.25) is 0 Å². The van der Waals surface area contributed by atoms with Crippen LogP contribution in [-0.4, -0.2) is 73.1 Å². The third-order valence-electron chi connectivity index (χ3n) is 14.5. The Morgan fingerprint density at radius 1 is 0.573 bits per heavy atom. The summed E-state index contributed by atoms with van der Waals surface area (Å²) in [6, 6.07) is 49.5. The Morgan fingerprint density at radius 2 is 1.02 bits per heavy atom. The minimum Gasteiger partial charge on any atom is -0.497 e. The number of hydrogen-bond donors (Lipinski definition) is 1. The van der Waals surface area contributed by atoms with Crippen molar-refractivity contribution in [2.24, 2.45) is 5.92 Å². The van der Waals surface area contributed by atoms with E-state index < -0.39 is 30.9 Å². The first kappa shape index (κ1) is 61.4. The van der Waals surface area contributed by atoms with Crippen LogP contribution < -0.4 is 18.9 Å². The normalized spacial score (nSPS) is 13.3. The molecule has 7 rings (SSSR count). The molecule has 16 heteroatoms. The number of nitriles is 1. The lowest BCUT2D eigenvalue weighted by Gasteiger charge is -2.37. The van der Waals surface area contributed by atoms with Gasteiger partial charge in [0.05, 0.1) is 63.5 Å². The first-order valence-corrected chi connectivity index (χ1v) is 28.2. The van der Waals surface area contributed by atoms with Crippen LogP contribution in [0.1, 0.15) is 110 Å². The number of nitro groups is 2. The molecule has 7 aromatic rings. The molecule has 0 aliphatic carbocycles. The van der Waals surface area contributed by atoms with Gasteiger partial charge in [-0.05, 0) is 140 Å². The minimum atomic E-state index is -1.92. The molecule has 0 heterocycles. The number of methoxy groups -OCH3 is 4. The molecule has 4 unspecified atom stereocenters. The van der Waals surface area contributed by atoms with Crippen molar-refractivity contribution >= 4 is 44.2 Å². The van der Waals surface area contributed by atoms with Crippen molar-refractivity contribution in [1.29, 1.82) is 5.26 Å². The average Bonchev–Trinajstić information content (AvgIpc) is 2.60. The van der Waals surface area contributed by atoms with E-state index in [2.05, 4.69) is 6.07 Å². The lowest BCUT2D eigenvalue weighted by molar-refractivity contribution is -0.385. The van der Waals surface area contributed by atoms with Crippen molar-refractivity contribution in [3.63, 3.8) is 0 Å². The van der Waals surface area contributed by atoms with Crippen molar-refractivity contribution < 1.29 is 42.9 Å². The van der Waals surface area contributed by atoms with Crippen LogP contribution in [0.5, 0.6) is 23.0 Å². The highest BCUT2D eigenvalue weighted by molar-refractivity contribution is 7.43. The van der Waals surface area contributed by atoms with E-state index in [-0.39, 0.29) is 47.5 Å². The van der Waals surface area contributed by atoms with Crippen molar-refractivity contribution in [3.05, 3.63) is 222 Å². The number of ether oxygens (including phenoxy) is 5. The second kappa shape index (κ2) is 28.5. The predicted molar refractivity (Wildman–Crippen MR) is 325 cm³/mol. The monoisotopic (exact) mass is 1130 g/mol. The zero-order valence-corrected chi connectivity index (χ0v) is 48.9. The lowest BCUT2D eigenvalue weighted by atomic mass is 9.79. The van der Waals surface area contributed by atoms with Gasteiger partial charge in [-0.15, -0.1) is 0 Å². The van der Waals surface area contributed by atoms with E-state index in [9.17, 15) is 30.4 Å². The van der Waals surface area contributed by atoms with Crippen molar-refractivity contribution in [2.75, 3.05) is 41.7 Å². The summed E-state index contributed by atoms with van der Waals surface area (Å²) in [5.41, 5.74) is 7.18. The van der Waals surface area contributed by atoms with E-state index in [1.54, 1.807) is 46.6 Å². The number of benzene rings is 7. The van der Waals surface area contributed by atoms with E-state index >= 15 is 0 Å². The molecule has 0 aliphatic rings. The molecule has 82 heavy (non-hydrogen) atoms. The number of nitro benzene ring substituents is 2. The van der Waals surface area contributed by atoms with Gasteiger partial charge in [-0.25, -0.2) is 4.67 Å². The summed E-state index contributed by atoms with van der Waals surface area (Å²) in [4.78, 5) is 34.9. The first-order chi connectivity index (χ1) is 39.4. The highest BCUT2D eigenvalue weighted by Gasteiger charge is 2.39. The van der Waals surface area contributed by atoms with Gasteiger partial charge in [0.25, 0.3) is 19.9 Å². The van der Waals surface area contributed by atoms with Crippen molar-refractivity contribution in [1.82, 2.24) is 4.67 Å². The summed E-state index contributed by atoms with van der Waals surface area (Å²) in [5, 5.41) is 34.8. The van der Waals surface area contributed by atoms with Gasteiger partial charge in [-0.3, -0.25) is 20.2 Å². The maximum Gasteiger partial charge on any atom is 0.272 e. The second-order valence-corrected chi connectivity index (χ2v) is 21.8. The maximum atomic E-state index is 12.6. The molecular formula is C66H71N4O11P. The molecule has 0 spiro atoms. The topological polar surface area (TPSA) is 189 Å². The molecule has 0 bridgehead atoms. The smallest absolute Gasteiger partial charge is 0.272 e. The van der Waals surface area contributed by atoms with Crippen LogP contribution in [0.2, 0.25) is 0 Å². The molecule has 15 nitrogen and oxygen atoms in total. The Kier molecular flexibility index (Phi) is 21.3. The molecule has 426 valence electrons. The summed E-state index contributed by atoms with van der Waals surface area (Å²) in [6.07, 6.45) is 7.87. The van der Waals surface area contributed by atoms with Gasteiger partial charge in [0.15, 0.2) is 0 Å². The van der Waals surface area contributed by atoms with Crippen LogP contribution in [0.15, 0.2) is 152 Å². The van der Waals surface area contributed by atoms with Crippen molar-refractivity contribution in [3.8, 4) is 40.2 Å². The summed E-state index contributed by atoms with van der Waals surface area (Å²) in [6.45, 7) is 11.8. The van der Waals surface area contributed by atoms with Crippen LogP contribution in [0.3, 0.4) is 0 Å². The Balaban J connectivity index is 1.09. The average molecular weight is 1130 g/mol.